The molecule has 2 rings (SSSR count). The number of ketones is 2. The van der Waals surface area contributed by atoms with Gasteiger partial charge in [0.1, 0.15) is 0 Å². The van der Waals surface area contributed by atoms with Crippen LogP contribution in [0.5, 0.6) is 0 Å². The van der Waals surface area contributed by atoms with Gasteiger partial charge in [-0.2, -0.15) is 0 Å². The summed E-state index contributed by atoms with van der Waals surface area (Å²) in [5.74, 6) is -0.572. The van der Waals surface area contributed by atoms with Crippen LogP contribution in [0.3, 0.4) is 0 Å². The quantitative estimate of drug-likeness (QED) is 0.739. The number of carbonyl (C=O) groups is 2. The molecule has 0 saturated carbocycles. The van der Waals surface area contributed by atoms with Crippen molar-refractivity contribution in [1.29, 1.82) is 0 Å². The highest BCUT2D eigenvalue weighted by molar-refractivity contribution is 7.91. The first-order chi connectivity index (χ1) is 8.58. The molecule has 1 aromatic rings. The van der Waals surface area contributed by atoms with Crippen molar-refractivity contribution in [1.82, 2.24) is 0 Å². The van der Waals surface area contributed by atoms with E-state index < -0.39 is 15.3 Å². The molecule has 0 unspecified atom stereocenters. The van der Waals surface area contributed by atoms with E-state index in [1.807, 2.05) is 0 Å². The minimum absolute atomic E-state index is 0.0549. The summed E-state index contributed by atoms with van der Waals surface area (Å²) in [5, 5.41) is 0. The fraction of sp³-hybridized carbons (Fsp3) is 0.429. The van der Waals surface area contributed by atoms with Crippen molar-refractivity contribution >= 4 is 21.4 Å². The van der Waals surface area contributed by atoms with Crippen molar-refractivity contribution < 1.29 is 18.0 Å². The van der Waals surface area contributed by atoms with E-state index in [0.29, 0.717) is 11.1 Å². The molecule has 1 aromatic carbocycles. The monoisotopic (exact) mass is 280 g/mol. The Balaban J connectivity index is 2.88. The first-order valence-electron chi connectivity index (χ1n) is 6.00. The fourth-order valence-electron chi connectivity index (χ4n) is 2.57. The van der Waals surface area contributed by atoms with Gasteiger partial charge in [0.2, 0.25) is 0 Å². The average molecular weight is 280 g/mol. The van der Waals surface area contributed by atoms with Crippen LogP contribution < -0.4 is 0 Å². The molecule has 0 atom stereocenters. The Hall–Kier alpha value is -1.49. The van der Waals surface area contributed by atoms with E-state index in [1.54, 1.807) is 20.8 Å². The van der Waals surface area contributed by atoms with Crippen LogP contribution in [0.2, 0.25) is 0 Å². The van der Waals surface area contributed by atoms with Gasteiger partial charge in [0, 0.05) is 16.5 Å². The summed E-state index contributed by atoms with van der Waals surface area (Å²) in [4.78, 5) is 24.0. The molecule has 0 aromatic heterocycles. The van der Waals surface area contributed by atoms with Gasteiger partial charge in [0.05, 0.1) is 10.6 Å². The SMILES string of the molecule is CC(=O)c1ccc2c(c1C)C(=O)C(C)(C)CS2(=O)=O. The zero-order valence-electron chi connectivity index (χ0n) is 11.4. The lowest BCUT2D eigenvalue weighted by atomic mass is 9.83. The maximum Gasteiger partial charge on any atom is 0.180 e. The Labute approximate surface area is 112 Å². The number of fused-ring (bicyclic) bond motifs is 1. The molecule has 0 amide bonds. The number of sulfone groups is 1. The average Bonchev–Trinajstić information content (AvgIpc) is 2.24. The highest BCUT2D eigenvalue weighted by atomic mass is 32.2. The van der Waals surface area contributed by atoms with E-state index >= 15 is 0 Å². The smallest absolute Gasteiger partial charge is 0.180 e. The van der Waals surface area contributed by atoms with Crippen LogP contribution in [-0.2, 0) is 9.84 Å². The molecular weight excluding hydrogens is 264 g/mol. The highest BCUT2D eigenvalue weighted by Crippen LogP contribution is 2.38. The topological polar surface area (TPSA) is 68.3 Å². The summed E-state index contributed by atoms with van der Waals surface area (Å²) in [6.07, 6.45) is 0. The Morgan fingerprint density at radius 3 is 2.37 bits per heavy atom. The maximum atomic E-state index is 12.4. The first kappa shape index (κ1) is 13.9. The van der Waals surface area contributed by atoms with E-state index in [-0.39, 0.29) is 27.8 Å². The van der Waals surface area contributed by atoms with Gasteiger partial charge < -0.3 is 0 Å². The number of carbonyl (C=O) groups excluding carboxylic acids is 2. The number of rotatable bonds is 1. The van der Waals surface area contributed by atoms with Crippen LogP contribution in [0.1, 0.15) is 47.1 Å². The summed E-state index contributed by atoms with van der Waals surface area (Å²) < 4.78 is 24.5. The number of Topliss-reactive ketones (excluding diaryl/α,β-unsaturated/α-hetero) is 2. The van der Waals surface area contributed by atoms with Crippen LogP contribution in [0.25, 0.3) is 0 Å². The van der Waals surface area contributed by atoms with Crippen molar-refractivity contribution in [3.8, 4) is 0 Å². The van der Waals surface area contributed by atoms with Gasteiger partial charge in [-0.3, -0.25) is 9.59 Å². The maximum absolute atomic E-state index is 12.4. The Bertz CT molecular complexity index is 696. The summed E-state index contributed by atoms with van der Waals surface area (Å²) >= 11 is 0. The summed E-state index contributed by atoms with van der Waals surface area (Å²) in [6.45, 7) is 6.28. The third-order valence-electron chi connectivity index (χ3n) is 3.53. The van der Waals surface area contributed by atoms with Crippen molar-refractivity contribution in [3.05, 3.63) is 28.8 Å². The summed E-state index contributed by atoms with van der Waals surface area (Å²) in [5.41, 5.74) is 0.0988. The van der Waals surface area contributed by atoms with Gasteiger partial charge in [-0.05, 0) is 31.5 Å². The molecule has 0 N–H and O–H groups in total. The molecule has 102 valence electrons. The lowest BCUT2D eigenvalue weighted by molar-refractivity contribution is 0.0851. The van der Waals surface area contributed by atoms with E-state index in [1.165, 1.54) is 19.1 Å². The van der Waals surface area contributed by atoms with Crippen LogP contribution in [0.15, 0.2) is 17.0 Å². The molecule has 0 radical (unpaired) electrons. The van der Waals surface area contributed by atoms with E-state index in [4.69, 9.17) is 0 Å². The third kappa shape index (κ3) is 2.02. The molecule has 5 heteroatoms. The first-order valence-corrected chi connectivity index (χ1v) is 7.65. The fourth-order valence-corrected chi connectivity index (χ4v) is 4.64. The van der Waals surface area contributed by atoms with Crippen molar-refractivity contribution in [2.45, 2.75) is 32.6 Å². The van der Waals surface area contributed by atoms with Gasteiger partial charge in [-0.1, -0.05) is 13.8 Å². The molecule has 19 heavy (non-hydrogen) atoms. The molecule has 0 bridgehead atoms. The van der Waals surface area contributed by atoms with Gasteiger partial charge in [-0.25, -0.2) is 8.42 Å². The molecule has 1 aliphatic heterocycles. The van der Waals surface area contributed by atoms with E-state index in [2.05, 4.69) is 0 Å². The highest BCUT2D eigenvalue weighted by Gasteiger charge is 2.43. The van der Waals surface area contributed by atoms with Crippen LogP contribution in [0, 0.1) is 12.3 Å². The molecule has 0 saturated heterocycles. The van der Waals surface area contributed by atoms with Gasteiger partial charge in [0.15, 0.2) is 21.4 Å². The molecule has 0 aliphatic carbocycles. The second-order valence-corrected chi connectivity index (χ2v) is 7.60. The van der Waals surface area contributed by atoms with Crippen molar-refractivity contribution in [2.24, 2.45) is 5.41 Å². The second kappa shape index (κ2) is 4.00. The van der Waals surface area contributed by atoms with Gasteiger partial charge in [0.25, 0.3) is 0 Å². The molecule has 4 nitrogen and oxygen atoms in total. The minimum atomic E-state index is -3.48. The zero-order chi connectivity index (χ0) is 14.6. The molecular formula is C14H16O4S. The molecule has 0 fully saturated rings. The van der Waals surface area contributed by atoms with E-state index in [0.717, 1.165) is 0 Å². The Kier molecular flexibility index (Phi) is 2.93. The predicted octanol–water partition coefficient (Wildman–Crippen LogP) is 2.19. The summed E-state index contributed by atoms with van der Waals surface area (Å²) in [6, 6.07) is 2.86. The zero-order valence-corrected chi connectivity index (χ0v) is 12.2. The minimum Gasteiger partial charge on any atom is -0.295 e. The lowest BCUT2D eigenvalue weighted by Crippen LogP contribution is -2.39. The van der Waals surface area contributed by atoms with Crippen LogP contribution in [0.4, 0.5) is 0 Å². The standard InChI is InChI=1S/C14H16O4S/c1-8-10(9(2)15)5-6-11-12(8)13(16)14(3,4)7-19(11,17)18/h5-6H,7H2,1-4H3. The Morgan fingerprint density at radius 1 is 1.26 bits per heavy atom. The third-order valence-corrected chi connectivity index (χ3v) is 5.65. The number of hydrogen-bond donors (Lipinski definition) is 0. The number of benzene rings is 1. The molecule has 1 heterocycles. The van der Waals surface area contributed by atoms with Gasteiger partial charge in [-0.15, -0.1) is 0 Å². The van der Waals surface area contributed by atoms with Crippen LogP contribution >= 0.6 is 0 Å². The molecule has 1 aliphatic rings. The molecule has 0 spiro atoms. The largest absolute Gasteiger partial charge is 0.295 e. The van der Waals surface area contributed by atoms with E-state index in [9.17, 15) is 18.0 Å². The summed E-state index contributed by atoms with van der Waals surface area (Å²) in [7, 11) is -3.48. The number of hydrogen-bond acceptors (Lipinski definition) is 4. The van der Waals surface area contributed by atoms with Crippen LogP contribution in [-0.4, -0.2) is 25.7 Å². The van der Waals surface area contributed by atoms with Crippen molar-refractivity contribution in [3.63, 3.8) is 0 Å². The van der Waals surface area contributed by atoms with Crippen molar-refractivity contribution in [2.75, 3.05) is 5.75 Å². The predicted molar refractivity (Wildman–Crippen MR) is 71.3 cm³/mol. The Morgan fingerprint density at radius 2 is 1.84 bits per heavy atom. The second-order valence-electron chi connectivity index (χ2n) is 5.64. The van der Waals surface area contributed by atoms with Gasteiger partial charge >= 0.3 is 0 Å². The lowest BCUT2D eigenvalue weighted by Gasteiger charge is -2.30. The normalized spacial score (nSPS) is 19.9.